The number of ether oxygens (including phenoxy) is 1. The van der Waals surface area contributed by atoms with Crippen molar-refractivity contribution in [2.45, 2.75) is 139 Å². The SMILES string of the molecule is C.C1CCOC1.CCN(CC)CC.Cc1cc(CCl)c(O)c(CCl)c1.Cc1cc(CN(Cc2ccccn2)Cc2ccccn2)c(O)c(CN(Cc2ccccn2)Cc2ccccn2)c1.Cc1cc(CO)c(O)c(CO)c1.ClCCl.O=S(Cl)Cl.[B].c1ccc(CNCc2ccccn2)nc1. The van der Waals surface area contributed by atoms with Gasteiger partial charge in [0.05, 0.1) is 64.5 Å². The highest BCUT2D eigenvalue weighted by atomic mass is 36.0. The Morgan fingerprint density at radius 3 is 0.900 bits per heavy atom. The van der Waals surface area contributed by atoms with Crippen molar-refractivity contribution in [2.24, 2.45) is 0 Å². The molecule has 3 radical (unpaired) electrons. The van der Waals surface area contributed by atoms with Gasteiger partial charge in [-0.15, -0.1) is 46.4 Å². The van der Waals surface area contributed by atoms with Gasteiger partial charge in [0, 0.05) is 166 Å². The summed E-state index contributed by atoms with van der Waals surface area (Å²) in [4.78, 5) is 33.5. The predicted molar refractivity (Wildman–Crippen MR) is 414 cm³/mol. The molecule has 0 atom stereocenters. The Kier molecular flexibility index (Phi) is 51.5. The first-order valence-electron chi connectivity index (χ1n) is 31.9. The molecule has 6 N–H and O–H groups in total. The van der Waals surface area contributed by atoms with E-state index >= 15 is 0 Å². The summed E-state index contributed by atoms with van der Waals surface area (Å²) < 4.78 is 14.0. The third kappa shape index (κ3) is 39.2. The number of nitrogens with zero attached hydrogens (tertiary/aromatic N) is 9. The lowest BCUT2D eigenvalue weighted by Crippen LogP contribution is -2.25. The number of halogens is 6. The number of phenols is 3. The van der Waals surface area contributed by atoms with Gasteiger partial charge < -0.3 is 40.5 Å². The maximum absolute atomic E-state index is 11.6. The average molecular weight is 1510 g/mol. The second kappa shape index (κ2) is 56.2. The van der Waals surface area contributed by atoms with Crippen LogP contribution < -0.4 is 5.32 Å². The molecule has 17 nitrogen and oxygen atoms in total. The van der Waals surface area contributed by atoms with E-state index in [1.54, 1.807) is 24.5 Å². The van der Waals surface area contributed by atoms with Crippen molar-refractivity contribution in [1.82, 2.24) is 49.9 Å². The fourth-order valence-corrected chi connectivity index (χ4v) is 10.1. The molecule has 541 valence electrons. The lowest BCUT2D eigenvalue weighted by atomic mass is 10.0. The van der Waals surface area contributed by atoms with Crippen LogP contribution in [0.25, 0.3) is 0 Å². The van der Waals surface area contributed by atoms with Crippen molar-refractivity contribution in [1.29, 1.82) is 0 Å². The number of nitrogens with one attached hydrogen (secondary N) is 1. The molecule has 0 saturated carbocycles. The van der Waals surface area contributed by atoms with Crippen LogP contribution in [0.5, 0.6) is 17.2 Å². The zero-order chi connectivity index (χ0) is 71.7. The summed E-state index contributed by atoms with van der Waals surface area (Å²) in [5.74, 6) is 1.18. The van der Waals surface area contributed by atoms with Crippen molar-refractivity contribution < 1.29 is 34.5 Å². The maximum atomic E-state index is 11.6. The largest absolute Gasteiger partial charge is 0.507 e. The number of aromatic nitrogens is 6. The molecule has 0 aliphatic carbocycles. The third-order valence-corrected chi connectivity index (χ3v) is 14.9. The van der Waals surface area contributed by atoms with Gasteiger partial charge in [-0.3, -0.25) is 39.7 Å². The molecule has 7 heterocycles. The summed E-state index contributed by atoms with van der Waals surface area (Å²) in [6, 6.07) is 46.9. The Balaban J connectivity index is 0.000000682. The maximum Gasteiger partial charge on any atom is 0.211 e. The van der Waals surface area contributed by atoms with Crippen molar-refractivity contribution in [2.75, 3.05) is 38.2 Å². The number of hydrogen-bond donors (Lipinski definition) is 6. The zero-order valence-corrected chi connectivity index (χ0v) is 62.6. The molecule has 0 amide bonds. The monoisotopic (exact) mass is 1500 g/mol. The van der Waals surface area contributed by atoms with Crippen LogP contribution in [0.1, 0.15) is 125 Å². The first-order valence-corrected chi connectivity index (χ1v) is 36.9. The van der Waals surface area contributed by atoms with Gasteiger partial charge in [0.1, 0.15) is 17.2 Å². The first kappa shape index (κ1) is 91.6. The van der Waals surface area contributed by atoms with Crippen LogP contribution in [0.15, 0.2) is 183 Å². The summed E-state index contributed by atoms with van der Waals surface area (Å²) in [7, 11) is 7.36. The summed E-state index contributed by atoms with van der Waals surface area (Å²) in [5, 5.41) is 51.6. The highest BCUT2D eigenvalue weighted by molar-refractivity contribution is 8.26. The predicted octanol–water partition coefficient (Wildman–Crippen LogP) is 16.2. The second-order valence-corrected chi connectivity index (χ2v) is 25.8. The van der Waals surface area contributed by atoms with Gasteiger partial charge in [-0.05, 0) is 126 Å². The Labute approximate surface area is 627 Å². The molecule has 1 saturated heterocycles. The molecule has 9 aromatic rings. The van der Waals surface area contributed by atoms with Gasteiger partial charge in [-0.1, -0.05) is 118 Å². The summed E-state index contributed by atoms with van der Waals surface area (Å²) in [5.41, 5.74) is 13.3. The van der Waals surface area contributed by atoms with E-state index in [0.29, 0.717) is 67.9 Å². The topological polar surface area (TPSA) is 227 Å². The number of pyridine rings is 6. The number of benzene rings is 3. The Morgan fingerprint density at radius 2 is 0.680 bits per heavy atom. The number of aliphatic hydroxyl groups excluding tert-OH is 2. The number of rotatable bonds is 23. The average Bonchev–Trinajstić information content (AvgIpc) is 0.892. The van der Waals surface area contributed by atoms with Crippen LogP contribution in [-0.2, 0) is 91.3 Å². The number of aromatic hydroxyl groups is 3. The van der Waals surface area contributed by atoms with E-state index in [9.17, 15) is 15.3 Å². The molecule has 0 unspecified atom stereocenters. The fourth-order valence-electron chi connectivity index (χ4n) is 9.69. The van der Waals surface area contributed by atoms with E-state index in [0.717, 1.165) is 99.4 Å². The summed E-state index contributed by atoms with van der Waals surface area (Å²) in [6.07, 6.45) is 13.4. The highest BCUT2D eigenvalue weighted by Crippen LogP contribution is 2.30. The molecule has 6 aromatic heterocycles. The van der Waals surface area contributed by atoms with E-state index in [-0.39, 0.29) is 45.9 Å². The van der Waals surface area contributed by atoms with Crippen LogP contribution in [0, 0.1) is 20.8 Å². The number of aliphatic hydroxyl groups is 2. The van der Waals surface area contributed by atoms with E-state index in [2.05, 4.69) is 111 Å². The molecule has 100 heavy (non-hydrogen) atoms. The Hall–Kier alpha value is -6.37. The number of phenolic OH excluding ortho intramolecular Hbond substituents is 2. The highest BCUT2D eigenvalue weighted by Gasteiger charge is 2.19. The molecule has 10 rings (SSSR count). The molecule has 1 aliphatic heterocycles. The summed E-state index contributed by atoms with van der Waals surface area (Å²) >= 11 is 20.8. The minimum Gasteiger partial charge on any atom is -0.507 e. The third-order valence-electron chi connectivity index (χ3n) is 14.3. The minimum atomic E-state index is -1.67. The molecule has 0 bridgehead atoms. The molecule has 25 heteroatoms. The minimum absolute atomic E-state index is 0. The smallest absolute Gasteiger partial charge is 0.211 e. The normalized spacial score (nSPS) is 10.9. The van der Waals surface area contributed by atoms with Crippen molar-refractivity contribution >= 4 is 85.4 Å². The van der Waals surface area contributed by atoms with E-state index in [4.69, 9.17) is 65.6 Å². The van der Waals surface area contributed by atoms with Gasteiger partial charge in [-0.2, -0.15) is 0 Å². The lowest BCUT2D eigenvalue weighted by molar-refractivity contribution is 0.198. The van der Waals surface area contributed by atoms with Gasteiger partial charge in [-0.25, -0.2) is 4.21 Å². The van der Waals surface area contributed by atoms with Crippen LogP contribution in [0.2, 0.25) is 0 Å². The molecular formula is C75H98BCl6N10O7S. The quantitative estimate of drug-likeness (QED) is 0.0199. The van der Waals surface area contributed by atoms with Gasteiger partial charge >= 0.3 is 0 Å². The second-order valence-electron chi connectivity index (χ2n) is 21.9. The molecule has 3 aromatic carbocycles. The van der Waals surface area contributed by atoms with E-state index in [1.165, 1.54) is 32.5 Å². The number of hydrogen-bond acceptors (Lipinski definition) is 17. The van der Waals surface area contributed by atoms with E-state index in [1.807, 2.05) is 160 Å². The Morgan fingerprint density at radius 1 is 0.430 bits per heavy atom. The first-order chi connectivity index (χ1) is 47.4. The van der Waals surface area contributed by atoms with Gasteiger partial charge in [0.2, 0.25) is 9.23 Å². The molecule has 1 fully saturated rings. The fraction of sp³-hybridized carbons (Fsp3) is 0.360. The molecule has 0 spiro atoms. The molecular weight excluding hydrogens is 1410 g/mol. The van der Waals surface area contributed by atoms with Crippen molar-refractivity contribution in [3.8, 4) is 17.2 Å². The molecule has 1 aliphatic rings. The lowest BCUT2D eigenvalue weighted by Gasteiger charge is -2.25. The number of alkyl halides is 4. The van der Waals surface area contributed by atoms with Crippen LogP contribution in [-0.4, -0.2) is 121 Å². The van der Waals surface area contributed by atoms with Crippen LogP contribution >= 0.6 is 67.8 Å². The standard InChI is InChI=1S/C33H34N6O.C12H13N3.C9H10Cl2O.C9H12O3.C6H15N.C4H8O.CH2Cl2.CH4.B.Cl2OS/c1-26-18-27(20-38(22-29-10-2-6-14-34-29)23-30-11-3-7-15-35-30)33(40)28(19-26)21-39(24-31-12-4-8-16-36-31)25-32-13-5-9-17-37-32;1-3-7-14-11(5-1)9-13-10-12-6-2-4-8-15-12;2*1-6-2-7(4-10)9(12)8(3-6)5-11;1-4-7(5-2)6-3;1-2-4-5-3-1;2-1-3;;;1-4(2)3/h2-19,40H,20-25H2,1H3;1-8,13H,9-10H2;2-3,12H,4-5H2,1H3;2-3,10-12H,4-5H2,1H3;4-6H2,1-3H3;1-4H2;1H2;1H4;;. The van der Waals surface area contributed by atoms with Crippen LogP contribution in [0.4, 0.5) is 0 Å². The van der Waals surface area contributed by atoms with Gasteiger partial charge in [0.15, 0.2) is 0 Å². The Bertz CT molecular complexity index is 3190. The van der Waals surface area contributed by atoms with E-state index < -0.39 is 9.23 Å². The summed E-state index contributed by atoms with van der Waals surface area (Å²) in [6.45, 7) is 22.8. The number of aryl methyl sites for hydroxylation is 3. The van der Waals surface area contributed by atoms with Crippen molar-refractivity contribution in [3.63, 3.8) is 0 Å². The van der Waals surface area contributed by atoms with Gasteiger partial charge in [0.25, 0.3) is 0 Å². The van der Waals surface area contributed by atoms with Crippen LogP contribution in [0.3, 0.4) is 0 Å². The van der Waals surface area contributed by atoms with Crippen molar-refractivity contribution in [3.05, 3.63) is 267 Å². The zero-order valence-electron chi connectivity index (χ0n) is 57.3.